The van der Waals surface area contributed by atoms with E-state index in [1.54, 1.807) is 32.0 Å². The number of Topliss-reactive ketones (excluding diaryl/α,β-unsaturated/α-hetero) is 1. The first-order chi connectivity index (χ1) is 10.9. The van der Waals surface area contributed by atoms with Crippen LogP contribution in [-0.4, -0.2) is 33.5 Å². The van der Waals surface area contributed by atoms with E-state index in [0.717, 1.165) is 0 Å². The number of anilines is 1. The van der Waals surface area contributed by atoms with Crippen molar-refractivity contribution in [2.24, 2.45) is 0 Å². The highest BCUT2D eigenvalue weighted by Crippen LogP contribution is 2.42. The minimum atomic E-state index is -1.82. The molecule has 0 bridgehead atoms. The topological polar surface area (TPSA) is 86.3 Å². The molecule has 2 N–H and O–H groups in total. The van der Waals surface area contributed by atoms with Gasteiger partial charge >= 0.3 is 0 Å². The minimum Gasteiger partial charge on any atom is -0.375 e. The molecule has 0 saturated carbocycles. The summed E-state index contributed by atoms with van der Waals surface area (Å²) in [6.45, 7) is 5.76. The number of para-hydroxylation sites is 1. The SMILES string of the molecule is CCN1C(=O)C(O)(CC(=O)c2c(C)n[nH]c2C)c2ccccc21. The predicted molar refractivity (Wildman–Crippen MR) is 85.4 cm³/mol. The van der Waals surface area contributed by atoms with E-state index in [4.69, 9.17) is 0 Å². The Balaban J connectivity index is 2.02. The summed E-state index contributed by atoms with van der Waals surface area (Å²) < 4.78 is 0. The van der Waals surface area contributed by atoms with Gasteiger partial charge in [0.15, 0.2) is 11.4 Å². The molecule has 0 spiro atoms. The van der Waals surface area contributed by atoms with Crippen LogP contribution in [0.15, 0.2) is 24.3 Å². The Kier molecular flexibility index (Phi) is 3.56. The monoisotopic (exact) mass is 313 g/mol. The Labute approximate surface area is 134 Å². The first-order valence-corrected chi connectivity index (χ1v) is 7.58. The summed E-state index contributed by atoms with van der Waals surface area (Å²) in [5.41, 5.74) is 0.984. The number of ketones is 1. The summed E-state index contributed by atoms with van der Waals surface area (Å²) in [5.74, 6) is -0.745. The van der Waals surface area contributed by atoms with Crippen molar-refractivity contribution in [2.45, 2.75) is 32.8 Å². The highest BCUT2D eigenvalue weighted by atomic mass is 16.3. The molecule has 6 heteroatoms. The van der Waals surface area contributed by atoms with Crippen molar-refractivity contribution in [3.63, 3.8) is 0 Å². The fourth-order valence-corrected chi connectivity index (χ4v) is 3.27. The van der Waals surface area contributed by atoms with Gasteiger partial charge in [-0.1, -0.05) is 18.2 Å². The van der Waals surface area contributed by atoms with E-state index in [0.29, 0.717) is 34.7 Å². The molecule has 120 valence electrons. The summed E-state index contributed by atoms with van der Waals surface area (Å²) in [6.07, 6.45) is -0.291. The number of nitrogens with zero attached hydrogens (tertiary/aromatic N) is 2. The fourth-order valence-electron chi connectivity index (χ4n) is 3.27. The Morgan fingerprint density at radius 1 is 1.35 bits per heavy atom. The van der Waals surface area contributed by atoms with Crippen molar-refractivity contribution in [2.75, 3.05) is 11.4 Å². The molecule has 0 fully saturated rings. The molecule has 3 rings (SSSR count). The number of aryl methyl sites for hydroxylation is 2. The molecular formula is C17H19N3O3. The number of aromatic amines is 1. The maximum Gasteiger partial charge on any atom is 0.264 e. The Bertz CT molecular complexity index is 777. The standard InChI is InChI=1S/C17H19N3O3/c1-4-20-13-8-6-5-7-12(13)17(23,16(20)22)9-14(21)15-10(2)18-19-11(15)3/h5-8,23H,4,9H2,1-3H3,(H,18,19). The van der Waals surface area contributed by atoms with E-state index in [-0.39, 0.29) is 12.2 Å². The van der Waals surface area contributed by atoms with Gasteiger partial charge in [0.2, 0.25) is 0 Å². The Morgan fingerprint density at radius 3 is 2.65 bits per heavy atom. The highest BCUT2D eigenvalue weighted by molar-refractivity contribution is 6.11. The van der Waals surface area contributed by atoms with Crippen LogP contribution >= 0.6 is 0 Å². The van der Waals surface area contributed by atoms with Crippen molar-refractivity contribution < 1.29 is 14.7 Å². The van der Waals surface area contributed by atoms with Crippen molar-refractivity contribution in [1.82, 2.24) is 10.2 Å². The first kappa shape index (κ1) is 15.4. The number of fused-ring (bicyclic) bond motifs is 1. The van der Waals surface area contributed by atoms with Gasteiger partial charge in [-0.3, -0.25) is 14.7 Å². The van der Waals surface area contributed by atoms with Gasteiger partial charge < -0.3 is 10.0 Å². The number of nitrogens with one attached hydrogen (secondary N) is 1. The average molecular weight is 313 g/mol. The van der Waals surface area contributed by atoms with E-state index in [1.165, 1.54) is 4.90 Å². The lowest BCUT2D eigenvalue weighted by Crippen LogP contribution is -2.41. The van der Waals surface area contributed by atoms with E-state index in [2.05, 4.69) is 10.2 Å². The zero-order valence-corrected chi connectivity index (χ0v) is 13.4. The van der Waals surface area contributed by atoms with E-state index >= 15 is 0 Å². The van der Waals surface area contributed by atoms with Gasteiger partial charge in [0.1, 0.15) is 0 Å². The zero-order valence-electron chi connectivity index (χ0n) is 13.4. The number of likely N-dealkylation sites (N-methyl/N-ethyl adjacent to an activating group) is 1. The summed E-state index contributed by atoms with van der Waals surface area (Å²) >= 11 is 0. The summed E-state index contributed by atoms with van der Waals surface area (Å²) in [6, 6.07) is 7.06. The molecule has 2 aromatic rings. The number of rotatable bonds is 4. The molecule has 2 heterocycles. The number of carbonyl (C=O) groups is 2. The van der Waals surface area contributed by atoms with Gasteiger partial charge in [0.25, 0.3) is 5.91 Å². The molecule has 0 radical (unpaired) electrons. The van der Waals surface area contributed by atoms with Gasteiger partial charge in [-0.25, -0.2) is 0 Å². The number of aliphatic hydroxyl groups is 1. The zero-order chi connectivity index (χ0) is 16.8. The van der Waals surface area contributed by atoms with Gasteiger partial charge in [-0.15, -0.1) is 0 Å². The maximum absolute atomic E-state index is 12.7. The number of aromatic nitrogens is 2. The summed E-state index contributed by atoms with van der Waals surface area (Å²) in [7, 11) is 0. The minimum absolute atomic E-state index is 0.291. The third-order valence-corrected chi connectivity index (χ3v) is 4.38. The smallest absolute Gasteiger partial charge is 0.264 e. The number of hydrogen-bond acceptors (Lipinski definition) is 4. The summed E-state index contributed by atoms with van der Waals surface area (Å²) in [5, 5.41) is 17.8. The molecule has 6 nitrogen and oxygen atoms in total. The van der Waals surface area contributed by atoms with Crippen molar-refractivity contribution in [3.05, 3.63) is 46.8 Å². The third-order valence-electron chi connectivity index (χ3n) is 4.38. The molecule has 1 amide bonds. The van der Waals surface area contributed by atoms with Crippen LogP contribution < -0.4 is 4.90 Å². The third kappa shape index (κ3) is 2.17. The number of benzene rings is 1. The van der Waals surface area contributed by atoms with Crippen LogP contribution in [0.5, 0.6) is 0 Å². The second-order valence-corrected chi connectivity index (χ2v) is 5.84. The molecule has 1 unspecified atom stereocenters. The van der Waals surface area contributed by atoms with Crippen LogP contribution in [0.3, 0.4) is 0 Å². The lowest BCUT2D eigenvalue weighted by molar-refractivity contribution is -0.135. The van der Waals surface area contributed by atoms with Crippen molar-refractivity contribution >= 4 is 17.4 Å². The molecule has 0 saturated heterocycles. The molecule has 1 aromatic carbocycles. The first-order valence-electron chi connectivity index (χ1n) is 7.58. The van der Waals surface area contributed by atoms with Crippen LogP contribution in [-0.2, 0) is 10.4 Å². The van der Waals surface area contributed by atoms with Gasteiger partial charge in [-0.05, 0) is 26.8 Å². The van der Waals surface area contributed by atoms with Crippen LogP contribution in [0.25, 0.3) is 0 Å². The number of amides is 1. The Morgan fingerprint density at radius 2 is 2.04 bits per heavy atom. The molecule has 1 aliphatic heterocycles. The van der Waals surface area contributed by atoms with Crippen molar-refractivity contribution in [3.8, 4) is 0 Å². The lowest BCUT2D eigenvalue weighted by atomic mass is 9.87. The fraction of sp³-hybridized carbons (Fsp3) is 0.353. The van der Waals surface area contributed by atoms with Crippen LogP contribution in [0.2, 0.25) is 0 Å². The van der Waals surface area contributed by atoms with Crippen LogP contribution in [0, 0.1) is 13.8 Å². The molecular weight excluding hydrogens is 294 g/mol. The second kappa shape index (κ2) is 5.31. The van der Waals surface area contributed by atoms with Gasteiger partial charge in [0, 0.05) is 17.8 Å². The largest absolute Gasteiger partial charge is 0.375 e. The van der Waals surface area contributed by atoms with Crippen molar-refractivity contribution in [1.29, 1.82) is 0 Å². The average Bonchev–Trinajstić information content (AvgIpc) is 2.96. The molecule has 23 heavy (non-hydrogen) atoms. The summed E-state index contributed by atoms with van der Waals surface area (Å²) in [4.78, 5) is 26.9. The Hall–Kier alpha value is -2.47. The number of H-pyrrole nitrogens is 1. The molecule has 0 aliphatic carbocycles. The van der Waals surface area contributed by atoms with Gasteiger partial charge in [-0.2, -0.15) is 5.10 Å². The number of carbonyl (C=O) groups excluding carboxylic acids is 2. The second-order valence-electron chi connectivity index (χ2n) is 5.84. The van der Waals surface area contributed by atoms with E-state index in [1.807, 2.05) is 13.0 Å². The molecule has 1 atom stereocenters. The quantitative estimate of drug-likeness (QED) is 0.844. The highest BCUT2D eigenvalue weighted by Gasteiger charge is 2.50. The predicted octanol–water partition coefficient (Wildman–Crippen LogP) is 1.85. The lowest BCUT2D eigenvalue weighted by Gasteiger charge is -2.22. The van der Waals surface area contributed by atoms with Crippen LogP contribution in [0.1, 0.15) is 40.7 Å². The molecule has 1 aromatic heterocycles. The maximum atomic E-state index is 12.7. The normalized spacial score (nSPS) is 20.0. The number of hydrogen-bond donors (Lipinski definition) is 2. The van der Waals surface area contributed by atoms with Crippen LogP contribution in [0.4, 0.5) is 5.69 Å². The van der Waals surface area contributed by atoms with E-state index in [9.17, 15) is 14.7 Å². The molecule has 1 aliphatic rings. The van der Waals surface area contributed by atoms with Gasteiger partial charge in [0.05, 0.1) is 23.4 Å². The van der Waals surface area contributed by atoms with E-state index < -0.39 is 11.5 Å².